The molecule has 0 aromatic heterocycles. The largest absolute Gasteiger partial charge is 0.508 e. The summed E-state index contributed by atoms with van der Waals surface area (Å²) in [6, 6.07) is 7.33. The van der Waals surface area contributed by atoms with Crippen LogP contribution in [0.25, 0.3) is 0 Å². The van der Waals surface area contributed by atoms with Crippen LogP contribution in [0.5, 0.6) is 5.75 Å². The Labute approximate surface area is 90.6 Å². The van der Waals surface area contributed by atoms with Gasteiger partial charge in [-0.15, -0.1) is 0 Å². The first-order chi connectivity index (χ1) is 7.24. The summed E-state index contributed by atoms with van der Waals surface area (Å²) in [6.07, 6.45) is 5.66. The summed E-state index contributed by atoms with van der Waals surface area (Å²) in [5, 5.41) is 18.7. The van der Waals surface area contributed by atoms with Crippen molar-refractivity contribution in [1.82, 2.24) is 0 Å². The van der Waals surface area contributed by atoms with Crippen LogP contribution in [0.15, 0.2) is 24.3 Å². The second-order valence-electron chi connectivity index (χ2n) is 4.71. The van der Waals surface area contributed by atoms with Crippen LogP contribution in [0, 0.1) is 5.41 Å². The normalized spacial score (nSPS) is 19.3. The average Bonchev–Trinajstić information content (AvgIpc) is 2.71. The molecular weight excluding hydrogens is 188 g/mol. The van der Waals surface area contributed by atoms with Gasteiger partial charge in [-0.25, -0.2) is 0 Å². The highest BCUT2D eigenvalue weighted by molar-refractivity contribution is 5.26. The molecule has 0 spiro atoms. The Balaban J connectivity index is 2.09. The molecule has 1 fully saturated rings. The summed E-state index contributed by atoms with van der Waals surface area (Å²) in [5.74, 6) is 0.309. The molecule has 82 valence electrons. The quantitative estimate of drug-likeness (QED) is 0.797. The minimum atomic E-state index is 0.108. The molecule has 0 bridgehead atoms. The van der Waals surface area contributed by atoms with Crippen LogP contribution in [0.2, 0.25) is 0 Å². The predicted octanol–water partition coefficient (Wildman–Crippen LogP) is 2.49. The Hall–Kier alpha value is -1.02. The van der Waals surface area contributed by atoms with Gasteiger partial charge in [0.2, 0.25) is 0 Å². The number of hydrogen-bond acceptors (Lipinski definition) is 2. The lowest BCUT2D eigenvalue weighted by molar-refractivity contribution is 0.130. The van der Waals surface area contributed by atoms with Gasteiger partial charge >= 0.3 is 0 Å². The molecule has 1 aromatic rings. The lowest BCUT2D eigenvalue weighted by atomic mass is 9.81. The molecular formula is C13H18O2. The molecule has 2 heteroatoms. The fourth-order valence-electron chi connectivity index (χ4n) is 2.56. The van der Waals surface area contributed by atoms with Gasteiger partial charge in [0.15, 0.2) is 0 Å². The van der Waals surface area contributed by atoms with Crippen molar-refractivity contribution in [3.8, 4) is 5.75 Å². The first-order valence-corrected chi connectivity index (χ1v) is 5.63. The van der Waals surface area contributed by atoms with Gasteiger partial charge in [0, 0.05) is 6.61 Å². The zero-order chi connectivity index (χ0) is 10.7. The molecule has 2 rings (SSSR count). The van der Waals surface area contributed by atoms with Crippen molar-refractivity contribution in [3.05, 3.63) is 29.8 Å². The molecule has 1 aromatic carbocycles. The van der Waals surface area contributed by atoms with E-state index in [1.165, 1.54) is 18.4 Å². The number of rotatable bonds is 3. The first-order valence-electron chi connectivity index (χ1n) is 5.63. The molecule has 15 heavy (non-hydrogen) atoms. The van der Waals surface area contributed by atoms with Crippen molar-refractivity contribution >= 4 is 0 Å². The summed E-state index contributed by atoms with van der Waals surface area (Å²) >= 11 is 0. The van der Waals surface area contributed by atoms with E-state index in [2.05, 4.69) is 0 Å². The minimum Gasteiger partial charge on any atom is -0.508 e. The van der Waals surface area contributed by atoms with E-state index in [4.69, 9.17) is 0 Å². The number of aliphatic hydroxyl groups excluding tert-OH is 1. The molecule has 0 aliphatic heterocycles. The standard InChI is InChI=1S/C13H18O2/c14-10-13(7-1-2-8-13)9-11-3-5-12(15)6-4-11/h3-6,14-15H,1-2,7-10H2. The van der Waals surface area contributed by atoms with Crippen molar-refractivity contribution in [2.24, 2.45) is 5.41 Å². The number of phenols is 1. The Bertz CT molecular complexity index is 310. The fraction of sp³-hybridized carbons (Fsp3) is 0.538. The number of aliphatic hydroxyl groups is 1. The summed E-state index contributed by atoms with van der Waals surface area (Å²) in [5.41, 5.74) is 1.32. The highest BCUT2D eigenvalue weighted by Gasteiger charge is 2.33. The van der Waals surface area contributed by atoms with Crippen LogP contribution >= 0.6 is 0 Å². The maximum atomic E-state index is 9.48. The zero-order valence-electron chi connectivity index (χ0n) is 8.95. The van der Waals surface area contributed by atoms with Crippen LogP contribution in [0.4, 0.5) is 0 Å². The van der Waals surface area contributed by atoms with E-state index in [1.807, 2.05) is 12.1 Å². The molecule has 0 unspecified atom stereocenters. The topological polar surface area (TPSA) is 40.5 Å². The Kier molecular flexibility index (Phi) is 2.96. The summed E-state index contributed by atoms with van der Waals surface area (Å²) in [7, 11) is 0. The van der Waals surface area contributed by atoms with E-state index in [0.717, 1.165) is 19.3 Å². The van der Waals surface area contributed by atoms with Crippen LogP contribution in [0.3, 0.4) is 0 Å². The van der Waals surface area contributed by atoms with Gasteiger partial charge in [0.1, 0.15) is 5.75 Å². The van der Waals surface area contributed by atoms with Crippen molar-refractivity contribution < 1.29 is 10.2 Å². The van der Waals surface area contributed by atoms with Crippen molar-refractivity contribution in [2.75, 3.05) is 6.61 Å². The molecule has 0 atom stereocenters. The van der Waals surface area contributed by atoms with Crippen LogP contribution in [-0.4, -0.2) is 16.8 Å². The van der Waals surface area contributed by atoms with E-state index < -0.39 is 0 Å². The molecule has 2 nitrogen and oxygen atoms in total. The van der Waals surface area contributed by atoms with Crippen molar-refractivity contribution in [3.63, 3.8) is 0 Å². The van der Waals surface area contributed by atoms with Crippen LogP contribution < -0.4 is 0 Å². The molecule has 0 heterocycles. The van der Waals surface area contributed by atoms with Gasteiger partial charge in [0.05, 0.1) is 0 Å². The van der Waals surface area contributed by atoms with E-state index in [9.17, 15) is 10.2 Å². The predicted molar refractivity (Wildman–Crippen MR) is 59.8 cm³/mol. The summed E-state index contributed by atoms with van der Waals surface area (Å²) < 4.78 is 0. The zero-order valence-corrected chi connectivity index (χ0v) is 8.95. The second kappa shape index (κ2) is 4.23. The van der Waals surface area contributed by atoms with E-state index in [1.54, 1.807) is 12.1 Å². The van der Waals surface area contributed by atoms with Crippen molar-refractivity contribution in [2.45, 2.75) is 32.1 Å². The van der Waals surface area contributed by atoms with Gasteiger partial charge < -0.3 is 10.2 Å². The molecule has 0 radical (unpaired) electrons. The summed E-state index contributed by atoms with van der Waals surface area (Å²) in [6.45, 7) is 0.286. The van der Waals surface area contributed by atoms with Gasteiger partial charge in [-0.3, -0.25) is 0 Å². The highest BCUT2D eigenvalue weighted by Crippen LogP contribution is 2.40. The smallest absolute Gasteiger partial charge is 0.115 e. The molecule has 2 N–H and O–H groups in total. The maximum Gasteiger partial charge on any atom is 0.115 e. The third kappa shape index (κ3) is 2.32. The fourth-order valence-corrected chi connectivity index (χ4v) is 2.56. The monoisotopic (exact) mass is 206 g/mol. The Morgan fingerprint density at radius 3 is 2.20 bits per heavy atom. The van der Waals surface area contributed by atoms with Gasteiger partial charge in [-0.1, -0.05) is 25.0 Å². The minimum absolute atomic E-state index is 0.108. The van der Waals surface area contributed by atoms with E-state index in [0.29, 0.717) is 5.75 Å². The van der Waals surface area contributed by atoms with Gasteiger partial charge in [-0.2, -0.15) is 0 Å². The van der Waals surface area contributed by atoms with Gasteiger partial charge in [0.25, 0.3) is 0 Å². The third-order valence-electron chi connectivity index (χ3n) is 3.52. The van der Waals surface area contributed by atoms with Crippen LogP contribution in [0.1, 0.15) is 31.2 Å². The molecule has 1 aliphatic carbocycles. The molecule has 1 saturated carbocycles. The Morgan fingerprint density at radius 2 is 1.67 bits per heavy atom. The molecule has 1 aliphatic rings. The van der Waals surface area contributed by atoms with E-state index in [-0.39, 0.29) is 12.0 Å². The number of benzene rings is 1. The summed E-state index contributed by atoms with van der Waals surface area (Å²) in [4.78, 5) is 0. The number of aromatic hydroxyl groups is 1. The third-order valence-corrected chi connectivity index (χ3v) is 3.52. The first kappa shape index (κ1) is 10.5. The number of phenolic OH excluding ortho intramolecular Hbond substituents is 1. The lowest BCUT2D eigenvalue weighted by Crippen LogP contribution is -2.24. The molecule has 0 saturated heterocycles. The lowest BCUT2D eigenvalue weighted by Gasteiger charge is -2.26. The number of hydrogen-bond donors (Lipinski definition) is 2. The second-order valence-corrected chi connectivity index (χ2v) is 4.71. The highest BCUT2D eigenvalue weighted by atomic mass is 16.3. The Morgan fingerprint density at radius 1 is 1.07 bits per heavy atom. The van der Waals surface area contributed by atoms with Crippen LogP contribution in [-0.2, 0) is 6.42 Å². The van der Waals surface area contributed by atoms with Gasteiger partial charge in [-0.05, 0) is 42.4 Å². The van der Waals surface area contributed by atoms with E-state index >= 15 is 0 Å². The molecule has 0 amide bonds. The van der Waals surface area contributed by atoms with Crippen molar-refractivity contribution in [1.29, 1.82) is 0 Å². The SMILES string of the molecule is OCC1(Cc2ccc(O)cc2)CCCC1. The average molecular weight is 206 g/mol. The maximum absolute atomic E-state index is 9.48.